The van der Waals surface area contributed by atoms with Crippen LogP contribution >= 0.6 is 15.9 Å². The van der Waals surface area contributed by atoms with E-state index in [1.165, 1.54) is 18.4 Å². The summed E-state index contributed by atoms with van der Waals surface area (Å²) in [6, 6.07) is 2.01. The molecule has 0 amide bonds. The van der Waals surface area contributed by atoms with Crippen LogP contribution in [0.15, 0.2) is 10.5 Å². The maximum Gasteiger partial charge on any atom is 0.165 e. The van der Waals surface area contributed by atoms with E-state index >= 15 is 0 Å². The molecule has 2 rings (SSSR count). The van der Waals surface area contributed by atoms with Crippen LogP contribution in [0.2, 0.25) is 0 Å². The molecule has 1 aliphatic rings. The first kappa shape index (κ1) is 14.7. The normalized spacial score (nSPS) is 17.5. The second-order valence-electron chi connectivity index (χ2n) is 5.31. The number of hydrogen-bond acceptors (Lipinski definition) is 3. The summed E-state index contributed by atoms with van der Waals surface area (Å²) in [5, 5.41) is 0. The molecular formula is C15H22BrNO2. The van der Waals surface area contributed by atoms with Gasteiger partial charge in [-0.3, -0.25) is 0 Å². The summed E-state index contributed by atoms with van der Waals surface area (Å²) >= 11 is 3.73. The molecule has 3 nitrogen and oxygen atoms in total. The fourth-order valence-corrected chi connectivity index (χ4v) is 3.90. The lowest BCUT2D eigenvalue weighted by atomic mass is 9.77. The Bertz CT molecular complexity index is 468. The van der Waals surface area contributed by atoms with Gasteiger partial charge in [0, 0.05) is 22.0 Å². The molecule has 0 aromatic heterocycles. The van der Waals surface area contributed by atoms with Crippen molar-refractivity contribution in [3.8, 4) is 11.5 Å². The maximum atomic E-state index is 6.12. The Balaban J connectivity index is 2.69. The molecule has 0 unspecified atom stereocenters. The Hall–Kier alpha value is -0.740. The monoisotopic (exact) mass is 327 g/mol. The minimum absolute atomic E-state index is 0.0173. The summed E-state index contributed by atoms with van der Waals surface area (Å²) in [6.07, 6.45) is 4.68. The lowest BCUT2D eigenvalue weighted by Crippen LogP contribution is -2.33. The molecule has 0 heterocycles. The highest BCUT2D eigenvalue weighted by Gasteiger charge is 2.39. The second kappa shape index (κ2) is 5.71. The Morgan fingerprint density at radius 2 is 1.89 bits per heavy atom. The predicted molar refractivity (Wildman–Crippen MR) is 81.2 cm³/mol. The van der Waals surface area contributed by atoms with Gasteiger partial charge in [-0.2, -0.15) is 0 Å². The van der Waals surface area contributed by atoms with Gasteiger partial charge in [0.05, 0.1) is 14.2 Å². The average Bonchev–Trinajstić information content (AvgIpc) is 2.90. The van der Waals surface area contributed by atoms with E-state index in [-0.39, 0.29) is 5.41 Å². The fraction of sp³-hybridized carbons (Fsp3) is 0.600. The molecular weight excluding hydrogens is 306 g/mol. The first-order valence-corrected chi connectivity index (χ1v) is 7.50. The number of halogens is 1. The minimum Gasteiger partial charge on any atom is -0.493 e. The number of hydrogen-bond donors (Lipinski definition) is 1. The number of benzene rings is 1. The minimum atomic E-state index is 0.0173. The van der Waals surface area contributed by atoms with Gasteiger partial charge < -0.3 is 15.2 Å². The first-order chi connectivity index (χ1) is 9.09. The molecule has 0 atom stereocenters. The van der Waals surface area contributed by atoms with E-state index in [9.17, 15) is 0 Å². The largest absolute Gasteiger partial charge is 0.493 e. The topological polar surface area (TPSA) is 44.5 Å². The highest BCUT2D eigenvalue weighted by Crippen LogP contribution is 2.51. The zero-order valence-electron chi connectivity index (χ0n) is 11.9. The van der Waals surface area contributed by atoms with E-state index in [0.717, 1.165) is 34.4 Å². The van der Waals surface area contributed by atoms with E-state index in [4.69, 9.17) is 15.2 Å². The Morgan fingerprint density at radius 1 is 1.26 bits per heavy atom. The van der Waals surface area contributed by atoms with Crippen molar-refractivity contribution in [2.75, 3.05) is 20.8 Å². The van der Waals surface area contributed by atoms with Gasteiger partial charge in [-0.25, -0.2) is 0 Å². The molecule has 19 heavy (non-hydrogen) atoms. The summed E-state index contributed by atoms with van der Waals surface area (Å²) in [5.74, 6) is 1.62. The van der Waals surface area contributed by atoms with Crippen molar-refractivity contribution in [2.24, 2.45) is 5.73 Å². The van der Waals surface area contributed by atoms with Crippen LogP contribution in [-0.2, 0) is 5.41 Å². The van der Waals surface area contributed by atoms with Crippen molar-refractivity contribution < 1.29 is 9.47 Å². The summed E-state index contributed by atoms with van der Waals surface area (Å²) in [6.45, 7) is 2.73. The second-order valence-corrected chi connectivity index (χ2v) is 6.10. The van der Waals surface area contributed by atoms with Gasteiger partial charge in [0.15, 0.2) is 11.5 Å². The van der Waals surface area contributed by atoms with Crippen LogP contribution in [0, 0.1) is 6.92 Å². The van der Waals surface area contributed by atoms with Gasteiger partial charge in [0.25, 0.3) is 0 Å². The highest BCUT2D eigenvalue weighted by atomic mass is 79.9. The smallest absolute Gasteiger partial charge is 0.165 e. The quantitative estimate of drug-likeness (QED) is 0.919. The van der Waals surface area contributed by atoms with Crippen LogP contribution in [0.3, 0.4) is 0 Å². The van der Waals surface area contributed by atoms with Gasteiger partial charge >= 0.3 is 0 Å². The number of methoxy groups -OCH3 is 2. The van der Waals surface area contributed by atoms with Crippen LogP contribution in [-0.4, -0.2) is 20.8 Å². The number of nitrogens with two attached hydrogens (primary N) is 1. The lowest BCUT2D eigenvalue weighted by molar-refractivity contribution is 0.335. The molecule has 0 bridgehead atoms. The van der Waals surface area contributed by atoms with Crippen molar-refractivity contribution in [3.63, 3.8) is 0 Å². The van der Waals surface area contributed by atoms with E-state index in [0.29, 0.717) is 6.54 Å². The van der Waals surface area contributed by atoms with E-state index < -0.39 is 0 Å². The molecule has 106 valence electrons. The Labute approximate surface area is 123 Å². The van der Waals surface area contributed by atoms with Gasteiger partial charge in [-0.05, 0) is 31.4 Å². The molecule has 0 aliphatic heterocycles. The fourth-order valence-electron chi connectivity index (χ4n) is 3.18. The van der Waals surface area contributed by atoms with Crippen LogP contribution in [0.1, 0.15) is 36.8 Å². The number of aryl methyl sites for hydroxylation is 1. The third-order valence-electron chi connectivity index (χ3n) is 4.27. The Kier molecular flexibility index (Phi) is 4.41. The molecule has 0 saturated heterocycles. The Morgan fingerprint density at radius 3 is 2.37 bits per heavy atom. The van der Waals surface area contributed by atoms with Crippen LogP contribution in [0.5, 0.6) is 11.5 Å². The third kappa shape index (κ3) is 2.36. The molecule has 0 spiro atoms. The summed E-state index contributed by atoms with van der Waals surface area (Å²) in [5.41, 5.74) is 8.48. The molecule has 2 N–H and O–H groups in total. The van der Waals surface area contributed by atoms with Crippen LogP contribution in [0.25, 0.3) is 0 Å². The molecule has 1 saturated carbocycles. The van der Waals surface area contributed by atoms with Crippen LogP contribution in [0.4, 0.5) is 0 Å². The average molecular weight is 328 g/mol. The zero-order valence-corrected chi connectivity index (χ0v) is 13.5. The van der Waals surface area contributed by atoms with Gasteiger partial charge in [-0.1, -0.05) is 28.8 Å². The maximum absolute atomic E-state index is 6.12. The van der Waals surface area contributed by atoms with Crippen molar-refractivity contribution in [1.29, 1.82) is 0 Å². The SMILES string of the molecule is COc1cc(C)c(Br)c(C2(CN)CCCC2)c1OC. The molecule has 1 fully saturated rings. The van der Waals surface area contributed by atoms with Gasteiger partial charge in [0.2, 0.25) is 0 Å². The summed E-state index contributed by atoms with van der Waals surface area (Å²) < 4.78 is 12.2. The first-order valence-electron chi connectivity index (χ1n) is 6.71. The lowest BCUT2D eigenvalue weighted by Gasteiger charge is -2.32. The van der Waals surface area contributed by atoms with Crippen molar-refractivity contribution in [1.82, 2.24) is 0 Å². The van der Waals surface area contributed by atoms with Crippen molar-refractivity contribution >= 4 is 15.9 Å². The van der Waals surface area contributed by atoms with Crippen molar-refractivity contribution in [2.45, 2.75) is 38.0 Å². The van der Waals surface area contributed by atoms with E-state index in [2.05, 4.69) is 22.9 Å². The standard InChI is InChI=1S/C15H22BrNO2/c1-10-8-11(18-2)14(19-3)12(13(10)16)15(9-17)6-4-5-7-15/h8H,4-7,9,17H2,1-3H3. The molecule has 1 aliphatic carbocycles. The number of ether oxygens (including phenoxy) is 2. The molecule has 4 heteroatoms. The molecule has 1 aromatic carbocycles. The van der Waals surface area contributed by atoms with E-state index in [1.54, 1.807) is 14.2 Å². The molecule has 0 radical (unpaired) electrons. The molecule has 1 aromatic rings. The highest BCUT2D eigenvalue weighted by molar-refractivity contribution is 9.10. The van der Waals surface area contributed by atoms with E-state index in [1.807, 2.05) is 6.07 Å². The number of rotatable bonds is 4. The third-order valence-corrected chi connectivity index (χ3v) is 5.29. The summed E-state index contributed by atoms with van der Waals surface area (Å²) in [7, 11) is 3.38. The zero-order chi connectivity index (χ0) is 14.0. The predicted octanol–water partition coefficient (Wildman–Crippen LogP) is 3.55. The van der Waals surface area contributed by atoms with Crippen LogP contribution < -0.4 is 15.2 Å². The summed E-state index contributed by atoms with van der Waals surface area (Å²) in [4.78, 5) is 0. The van der Waals surface area contributed by atoms with Gasteiger partial charge in [-0.15, -0.1) is 0 Å². The van der Waals surface area contributed by atoms with Crippen molar-refractivity contribution in [3.05, 3.63) is 21.7 Å². The van der Waals surface area contributed by atoms with Gasteiger partial charge in [0.1, 0.15) is 0 Å².